The Morgan fingerprint density at radius 2 is 1.73 bits per heavy atom. The van der Waals surface area contributed by atoms with E-state index in [1.54, 1.807) is 0 Å². The molecule has 2 heterocycles. The van der Waals surface area contributed by atoms with E-state index in [4.69, 9.17) is 0 Å². The third kappa shape index (κ3) is 3.80. The molecule has 0 aromatic carbocycles. The van der Waals surface area contributed by atoms with Gasteiger partial charge in [-0.15, -0.1) is 0 Å². The van der Waals surface area contributed by atoms with Crippen LogP contribution in [-0.4, -0.2) is 68.2 Å². The third-order valence-corrected chi connectivity index (χ3v) is 3.08. The van der Waals surface area contributed by atoms with Crippen LogP contribution >= 0.6 is 0 Å². The van der Waals surface area contributed by atoms with Gasteiger partial charge in [0.2, 0.25) is 6.34 Å². The molecule has 0 radical (unpaired) electrons. The molecule has 0 unspecified atom stereocenters. The number of rotatable bonds is 0. The quantitative estimate of drug-likeness (QED) is 0.520. The van der Waals surface area contributed by atoms with Crippen LogP contribution in [0.5, 0.6) is 0 Å². The van der Waals surface area contributed by atoms with E-state index in [0.717, 1.165) is 39.3 Å². The van der Waals surface area contributed by atoms with Crippen LogP contribution in [0.4, 0.5) is 0 Å². The number of hydrogen-bond donors (Lipinski definition) is 2. The van der Waals surface area contributed by atoms with Gasteiger partial charge in [-0.2, -0.15) is 0 Å². The first-order valence-electron chi connectivity index (χ1n) is 6.20. The molecule has 0 saturated carbocycles. The Bertz CT molecular complexity index is 215. The van der Waals surface area contributed by atoms with Crippen LogP contribution in [-0.2, 0) is 0 Å². The molecule has 0 fully saturated rings. The first-order chi connectivity index (χ1) is 7.45. The van der Waals surface area contributed by atoms with Gasteiger partial charge in [0, 0.05) is 19.5 Å². The van der Waals surface area contributed by atoms with Crippen LogP contribution in [0, 0.1) is 0 Å². The van der Waals surface area contributed by atoms with E-state index in [1.165, 1.54) is 25.9 Å². The maximum absolute atomic E-state index is 3.49. The number of nitrogens with one attached hydrogen (secondary N) is 2. The van der Waals surface area contributed by atoms with Gasteiger partial charge >= 0.3 is 0 Å². The average Bonchev–Trinajstić information content (AvgIpc) is 2.26. The van der Waals surface area contributed by atoms with Gasteiger partial charge in [-0.1, -0.05) is 0 Å². The molecule has 0 saturated heterocycles. The Labute approximate surface area is 92.3 Å². The molecule has 4 heteroatoms. The minimum atomic E-state index is 1.12. The summed E-state index contributed by atoms with van der Waals surface area (Å²) in [4.78, 5) is 2.44. The van der Waals surface area contributed by atoms with Crippen molar-refractivity contribution < 1.29 is 4.58 Å². The zero-order chi connectivity index (χ0) is 10.3. The van der Waals surface area contributed by atoms with E-state index in [-0.39, 0.29) is 0 Å². The molecule has 0 atom stereocenters. The zero-order valence-electron chi connectivity index (χ0n) is 9.54. The van der Waals surface area contributed by atoms with Crippen molar-refractivity contribution in [2.24, 2.45) is 0 Å². The molecular weight excluding hydrogens is 188 g/mol. The van der Waals surface area contributed by atoms with E-state index >= 15 is 0 Å². The van der Waals surface area contributed by atoms with Gasteiger partial charge in [0.1, 0.15) is 0 Å². The van der Waals surface area contributed by atoms with Crippen LogP contribution in [0.3, 0.4) is 0 Å². The molecule has 0 aliphatic carbocycles. The highest BCUT2D eigenvalue weighted by molar-refractivity contribution is 5.49. The second-order valence-corrected chi connectivity index (χ2v) is 4.39. The highest BCUT2D eigenvalue weighted by Gasteiger charge is 2.15. The fourth-order valence-electron chi connectivity index (χ4n) is 2.20. The fraction of sp³-hybridized carbons (Fsp3) is 0.909. The molecule has 0 spiro atoms. The molecule has 15 heavy (non-hydrogen) atoms. The summed E-state index contributed by atoms with van der Waals surface area (Å²) in [7, 11) is 0. The van der Waals surface area contributed by atoms with Gasteiger partial charge in [0.25, 0.3) is 0 Å². The molecule has 2 aliphatic heterocycles. The Morgan fingerprint density at radius 3 is 2.67 bits per heavy atom. The normalized spacial score (nSPS) is 25.1. The third-order valence-electron chi connectivity index (χ3n) is 3.08. The molecule has 2 rings (SSSR count). The standard InChI is InChI=1S/C11H23N4/c1-3-12-5-9-14-7-2-8-15(11-14)10-6-13-4-1/h11-13H,1-10H2/q+1. The van der Waals surface area contributed by atoms with Gasteiger partial charge in [-0.25, -0.2) is 0 Å². The van der Waals surface area contributed by atoms with Crippen LogP contribution < -0.4 is 10.6 Å². The van der Waals surface area contributed by atoms with Crippen LogP contribution in [0.15, 0.2) is 0 Å². The molecule has 4 nitrogen and oxygen atoms in total. The minimum absolute atomic E-state index is 1.12. The molecule has 86 valence electrons. The second kappa shape index (κ2) is 6.08. The predicted molar refractivity (Wildman–Crippen MR) is 62.6 cm³/mol. The van der Waals surface area contributed by atoms with Crippen molar-refractivity contribution in [1.82, 2.24) is 15.5 Å². The zero-order valence-corrected chi connectivity index (χ0v) is 9.54. The van der Waals surface area contributed by atoms with Crippen LogP contribution in [0.25, 0.3) is 0 Å². The SMILES string of the molecule is C1=[N+]2CCCN1CCNCCCNCC2. The highest BCUT2D eigenvalue weighted by Crippen LogP contribution is 1.96. The number of hydrogen-bond acceptors (Lipinski definition) is 3. The molecule has 2 N–H and O–H groups in total. The Hall–Kier alpha value is -0.610. The molecule has 0 aromatic rings. The van der Waals surface area contributed by atoms with Crippen LogP contribution in [0.1, 0.15) is 12.8 Å². The summed E-state index contributed by atoms with van der Waals surface area (Å²) >= 11 is 0. The molecule has 0 amide bonds. The first kappa shape index (κ1) is 10.9. The Morgan fingerprint density at radius 1 is 0.867 bits per heavy atom. The molecular formula is C11H23N4+. The average molecular weight is 211 g/mol. The Kier molecular flexibility index (Phi) is 4.41. The van der Waals surface area contributed by atoms with Crippen molar-refractivity contribution in [1.29, 1.82) is 0 Å². The van der Waals surface area contributed by atoms with Crippen molar-refractivity contribution >= 4 is 6.34 Å². The summed E-state index contributed by atoms with van der Waals surface area (Å²) in [5, 5.41) is 6.97. The van der Waals surface area contributed by atoms with Crippen molar-refractivity contribution in [2.75, 3.05) is 52.4 Å². The van der Waals surface area contributed by atoms with Gasteiger partial charge in [-0.3, -0.25) is 9.48 Å². The maximum Gasteiger partial charge on any atom is 0.234 e. The van der Waals surface area contributed by atoms with E-state index in [2.05, 4.69) is 26.4 Å². The van der Waals surface area contributed by atoms with Crippen molar-refractivity contribution in [2.45, 2.75) is 12.8 Å². The fourth-order valence-corrected chi connectivity index (χ4v) is 2.20. The summed E-state index contributed by atoms with van der Waals surface area (Å²) in [5.74, 6) is 0. The molecule has 0 aromatic heterocycles. The van der Waals surface area contributed by atoms with Gasteiger partial charge in [-0.05, 0) is 19.5 Å². The maximum atomic E-state index is 3.49. The van der Waals surface area contributed by atoms with E-state index in [0.29, 0.717) is 0 Å². The number of nitrogens with zero attached hydrogens (tertiary/aromatic N) is 2. The summed E-state index contributed by atoms with van der Waals surface area (Å²) in [6.07, 6.45) is 4.86. The van der Waals surface area contributed by atoms with E-state index < -0.39 is 0 Å². The minimum Gasteiger partial charge on any atom is -0.313 e. The smallest absolute Gasteiger partial charge is 0.234 e. The number of fused-ring (bicyclic) bond motifs is 1. The first-order valence-corrected chi connectivity index (χ1v) is 6.20. The lowest BCUT2D eigenvalue weighted by Crippen LogP contribution is -2.42. The summed E-state index contributed by atoms with van der Waals surface area (Å²) in [6, 6.07) is 0. The van der Waals surface area contributed by atoms with Gasteiger partial charge in [0.15, 0.2) is 0 Å². The largest absolute Gasteiger partial charge is 0.313 e. The van der Waals surface area contributed by atoms with Gasteiger partial charge in [0.05, 0.1) is 26.2 Å². The second-order valence-electron chi connectivity index (χ2n) is 4.39. The van der Waals surface area contributed by atoms with E-state index in [9.17, 15) is 0 Å². The summed E-state index contributed by atoms with van der Waals surface area (Å²) < 4.78 is 2.44. The lowest BCUT2D eigenvalue weighted by atomic mass is 10.3. The summed E-state index contributed by atoms with van der Waals surface area (Å²) in [6.45, 7) is 9.29. The van der Waals surface area contributed by atoms with Crippen LogP contribution in [0.2, 0.25) is 0 Å². The Balaban J connectivity index is 1.87. The van der Waals surface area contributed by atoms with Gasteiger partial charge < -0.3 is 10.6 Å². The van der Waals surface area contributed by atoms with Crippen molar-refractivity contribution in [3.05, 3.63) is 0 Å². The molecule has 2 aliphatic rings. The molecule has 2 bridgehead atoms. The monoisotopic (exact) mass is 211 g/mol. The highest BCUT2D eigenvalue weighted by atomic mass is 15.2. The predicted octanol–water partition coefficient (Wildman–Crippen LogP) is -0.684. The van der Waals surface area contributed by atoms with Crippen molar-refractivity contribution in [3.8, 4) is 0 Å². The van der Waals surface area contributed by atoms with Crippen molar-refractivity contribution in [3.63, 3.8) is 0 Å². The lowest BCUT2D eigenvalue weighted by molar-refractivity contribution is -0.531. The lowest BCUT2D eigenvalue weighted by Gasteiger charge is -2.21. The summed E-state index contributed by atoms with van der Waals surface area (Å²) in [5.41, 5.74) is 0. The topological polar surface area (TPSA) is 30.3 Å². The van der Waals surface area contributed by atoms with E-state index in [1.807, 2.05) is 0 Å².